The van der Waals surface area contributed by atoms with E-state index in [1.54, 1.807) is 0 Å². The zero-order valence-corrected chi connectivity index (χ0v) is 12.6. The molecule has 134 valence electrons. The van der Waals surface area contributed by atoms with Crippen LogP contribution < -0.4 is 0 Å². The van der Waals surface area contributed by atoms with Crippen LogP contribution in [-0.4, -0.2) is 18.5 Å². The second-order valence-electron chi connectivity index (χ2n) is 5.79. The number of rotatable bonds is 5. The summed E-state index contributed by atoms with van der Waals surface area (Å²) in [4.78, 5) is 11.8. The number of benzene rings is 1. The zero-order chi connectivity index (χ0) is 18.0. The minimum atomic E-state index is -4.88. The van der Waals surface area contributed by atoms with Crippen LogP contribution in [0.2, 0.25) is 0 Å². The van der Waals surface area contributed by atoms with Crippen molar-refractivity contribution < 1.29 is 35.9 Å². The Kier molecular flexibility index (Phi) is 5.57. The third kappa shape index (κ3) is 5.22. The molecule has 0 amide bonds. The minimum Gasteiger partial charge on any atom is -0.378 e. The Labute approximate surface area is 134 Å². The number of aryl methyl sites for hydroxylation is 1. The van der Waals surface area contributed by atoms with Crippen molar-refractivity contribution in [3.8, 4) is 0 Å². The van der Waals surface area contributed by atoms with Gasteiger partial charge in [-0.25, -0.2) is 0 Å². The van der Waals surface area contributed by atoms with Gasteiger partial charge >= 0.3 is 12.4 Å². The van der Waals surface area contributed by atoms with Crippen LogP contribution in [0, 0.1) is 0 Å². The molecular formula is C16H16F6O2. The summed E-state index contributed by atoms with van der Waals surface area (Å²) in [5.41, 5.74) is -2.88. The van der Waals surface area contributed by atoms with Crippen molar-refractivity contribution in [3.05, 3.63) is 34.9 Å². The number of carbonyl (C=O) groups excluding carboxylic acids is 1. The average molecular weight is 354 g/mol. The molecule has 24 heavy (non-hydrogen) atoms. The molecule has 1 aliphatic heterocycles. The molecule has 0 radical (unpaired) electrons. The van der Waals surface area contributed by atoms with Gasteiger partial charge < -0.3 is 4.74 Å². The Bertz CT molecular complexity index is 553. The van der Waals surface area contributed by atoms with Gasteiger partial charge in [0.15, 0.2) is 0 Å². The molecule has 0 saturated carbocycles. The van der Waals surface area contributed by atoms with Gasteiger partial charge in [0.2, 0.25) is 0 Å². The van der Waals surface area contributed by atoms with Crippen LogP contribution in [-0.2, 0) is 28.3 Å². The van der Waals surface area contributed by atoms with Crippen LogP contribution in [0.3, 0.4) is 0 Å². The standard InChI is InChI=1S/C16H16F6O2/c17-15(18,19)11-6-10(7-12(8-11)16(20,21)22)3-4-13(23)9-14-2-1-5-24-14/h6-8,14H,1-5,9H2. The molecule has 1 heterocycles. The molecular weight excluding hydrogens is 338 g/mol. The van der Waals surface area contributed by atoms with Crippen molar-refractivity contribution in [2.45, 2.75) is 50.6 Å². The van der Waals surface area contributed by atoms with Crippen LogP contribution >= 0.6 is 0 Å². The molecule has 1 fully saturated rings. The number of halogens is 6. The molecule has 2 rings (SSSR count). The topological polar surface area (TPSA) is 26.3 Å². The predicted molar refractivity (Wildman–Crippen MR) is 73.4 cm³/mol. The van der Waals surface area contributed by atoms with Crippen molar-refractivity contribution in [1.82, 2.24) is 0 Å². The first-order chi connectivity index (χ1) is 11.1. The summed E-state index contributed by atoms with van der Waals surface area (Å²) in [5, 5.41) is 0. The number of ether oxygens (including phenoxy) is 1. The summed E-state index contributed by atoms with van der Waals surface area (Å²) in [6, 6.07) is 1.40. The van der Waals surface area contributed by atoms with Crippen molar-refractivity contribution in [1.29, 1.82) is 0 Å². The number of alkyl halides is 6. The maximum Gasteiger partial charge on any atom is 0.416 e. The average Bonchev–Trinajstić information content (AvgIpc) is 2.96. The lowest BCUT2D eigenvalue weighted by molar-refractivity contribution is -0.143. The smallest absolute Gasteiger partial charge is 0.378 e. The molecule has 1 saturated heterocycles. The molecule has 1 aromatic carbocycles. The Hall–Kier alpha value is -1.57. The lowest BCUT2D eigenvalue weighted by atomic mass is 9.99. The summed E-state index contributed by atoms with van der Waals surface area (Å²) < 4.78 is 81.8. The van der Waals surface area contributed by atoms with E-state index in [-0.39, 0.29) is 42.8 Å². The van der Waals surface area contributed by atoms with Gasteiger partial charge in [-0.1, -0.05) is 0 Å². The van der Waals surface area contributed by atoms with Crippen molar-refractivity contribution in [3.63, 3.8) is 0 Å². The van der Waals surface area contributed by atoms with Crippen LogP contribution in [0.4, 0.5) is 26.3 Å². The van der Waals surface area contributed by atoms with E-state index in [0.717, 1.165) is 12.8 Å². The van der Waals surface area contributed by atoms with E-state index in [1.807, 2.05) is 0 Å². The molecule has 1 atom stereocenters. The molecule has 0 bridgehead atoms. The van der Waals surface area contributed by atoms with Gasteiger partial charge in [0.25, 0.3) is 0 Å². The Morgan fingerprint density at radius 2 is 1.62 bits per heavy atom. The lowest BCUT2D eigenvalue weighted by Crippen LogP contribution is -2.14. The zero-order valence-electron chi connectivity index (χ0n) is 12.6. The van der Waals surface area contributed by atoms with E-state index >= 15 is 0 Å². The van der Waals surface area contributed by atoms with Crippen LogP contribution in [0.1, 0.15) is 42.4 Å². The van der Waals surface area contributed by atoms with Crippen LogP contribution in [0.25, 0.3) is 0 Å². The van der Waals surface area contributed by atoms with Crippen LogP contribution in [0.15, 0.2) is 18.2 Å². The molecule has 0 aromatic heterocycles. The minimum absolute atomic E-state index is 0.0810. The fraction of sp³-hybridized carbons (Fsp3) is 0.562. The van der Waals surface area contributed by atoms with Gasteiger partial charge in [-0.2, -0.15) is 26.3 Å². The highest BCUT2D eigenvalue weighted by atomic mass is 19.4. The number of Topliss-reactive ketones (excluding diaryl/α,β-unsaturated/α-hetero) is 1. The highest BCUT2D eigenvalue weighted by Gasteiger charge is 2.36. The van der Waals surface area contributed by atoms with Crippen molar-refractivity contribution in [2.24, 2.45) is 0 Å². The quantitative estimate of drug-likeness (QED) is 0.711. The van der Waals surface area contributed by atoms with E-state index in [9.17, 15) is 31.1 Å². The van der Waals surface area contributed by atoms with E-state index in [0.29, 0.717) is 18.7 Å². The molecule has 0 spiro atoms. The Morgan fingerprint density at radius 1 is 1.04 bits per heavy atom. The lowest BCUT2D eigenvalue weighted by Gasteiger charge is -2.14. The normalized spacial score (nSPS) is 18.8. The fourth-order valence-corrected chi connectivity index (χ4v) is 2.61. The SMILES string of the molecule is O=C(CCc1cc(C(F)(F)F)cc(C(F)(F)F)c1)CC1CCCO1. The maximum atomic E-state index is 12.8. The van der Waals surface area contributed by atoms with Gasteiger partial charge in [0.05, 0.1) is 17.2 Å². The molecule has 1 unspecified atom stereocenters. The summed E-state index contributed by atoms with van der Waals surface area (Å²) in [6.45, 7) is 0.570. The predicted octanol–water partition coefficient (Wildman–Crippen LogP) is 4.80. The Balaban J connectivity index is 2.09. The molecule has 8 heteroatoms. The second-order valence-corrected chi connectivity index (χ2v) is 5.79. The summed E-state index contributed by atoms with van der Waals surface area (Å²) in [5.74, 6) is -0.229. The third-order valence-electron chi connectivity index (χ3n) is 3.82. The molecule has 0 N–H and O–H groups in total. The maximum absolute atomic E-state index is 12.8. The summed E-state index contributed by atoms with van der Waals surface area (Å²) in [6.07, 6.45) is -8.49. The first-order valence-electron chi connectivity index (χ1n) is 7.47. The summed E-state index contributed by atoms with van der Waals surface area (Å²) >= 11 is 0. The third-order valence-corrected chi connectivity index (χ3v) is 3.82. The van der Waals surface area contributed by atoms with Gasteiger partial charge in [-0.3, -0.25) is 4.79 Å². The molecule has 0 aliphatic carbocycles. The van der Waals surface area contributed by atoms with Gasteiger partial charge in [0.1, 0.15) is 5.78 Å². The number of hydrogen-bond donors (Lipinski definition) is 0. The molecule has 2 nitrogen and oxygen atoms in total. The molecule has 1 aromatic rings. The van der Waals surface area contributed by atoms with E-state index in [1.165, 1.54) is 0 Å². The highest BCUT2D eigenvalue weighted by Crippen LogP contribution is 2.36. The highest BCUT2D eigenvalue weighted by molar-refractivity contribution is 5.79. The first-order valence-corrected chi connectivity index (χ1v) is 7.47. The van der Waals surface area contributed by atoms with Gasteiger partial charge in [0, 0.05) is 19.4 Å². The van der Waals surface area contributed by atoms with E-state index in [4.69, 9.17) is 4.74 Å². The first kappa shape index (κ1) is 18.8. The van der Waals surface area contributed by atoms with Gasteiger partial charge in [-0.05, 0) is 43.0 Å². The van der Waals surface area contributed by atoms with Crippen LogP contribution in [0.5, 0.6) is 0 Å². The van der Waals surface area contributed by atoms with E-state index in [2.05, 4.69) is 0 Å². The van der Waals surface area contributed by atoms with Crippen molar-refractivity contribution in [2.75, 3.05) is 6.61 Å². The number of ketones is 1. The second kappa shape index (κ2) is 7.13. The Morgan fingerprint density at radius 3 is 2.08 bits per heavy atom. The van der Waals surface area contributed by atoms with E-state index < -0.39 is 23.5 Å². The van der Waals surface area contributed by atoms with Crippen molar-refractivity contribution >= 4 is 5.78 Å². The summed E-state index contributed by atoms with van der Waals surface area (Å²) in [7, 11) is 0. The largest absolute Gasteiger partial charge is 0.416 e. The fourth-order valence-electron chi connectivity index (χ4n) is 2.61. The monoisotopic (exact) mass is 354 g/mol. The molecule has 1 aliphatic rings. The van der Waals surface area contributed by atoms with Gasteiger partial charge in [-0.15, -0.1) is 0 Å². The number of hydrogen-bond acceptors (Lipinski definition) is 2. The number of carbonyl (C=O) groups is 1.